The Morgan fingerprint density at radius 3 is 0.639 bits per heavy atom. The molecule has 0 aliphatic carbocycles. The third-order valence-corrected chi connectivity index (χ3v) is 29.0. The molecule has 0 N–H and O–H groups in total. The lowest BCUT2D eigenvalue weighted by Gasteiger charge is -2.22. The molecule has 61 heavy (non-hydrogen) atoms. The van der Waals surface area contributed by atoms with E-state index in [4.69, 9.17) is 28.4 Å². The third kappa shape index (κ3) is 48.2. The summed E-state index contributed by atoms with van der Waals surface area (Å²) in [6.45, 7) is 11.1. The fourth-order valence-electron chi connectivity index (χ4n) is 8.73. The van der Waals surface area contributed by atoms with Crippen LogP contribution in [0.15, 0.2) is 0 Å². The van der Waals surface area contributed by atoms with Crippen molar-refractivity contribution in [3.8, 4) is 0 Å². The summed E-state index contributed by atoms with van der Waals surface area (Å²) in [5.74, 6) is 2.42. The molecule has 0 aromatic heterocycles. The van der Waals surface area contributed by atoms with E-state index in [2.05, 4.69) is 50.5 Å². The van der Waals surface area contributed by atoms with E-state index in [0.717, 1.165) is 13.2 Å². The fourth-order valence-corrected chi connectivity index (χ4v) is 22.4. The van der Waals surface area contributed by atoms with Crippen molar-refractivity contribution in [2.75, 3.05) is 49.4 Å². The first-order valence-corrected chi connectivity index (χ1v) is 37.5. The maximum absolute atomic E-state index is 6.56. The minimum Gasteiger partial charge on any atom is -0.381 e. The van der Waals surface area contributed by atoms with Crippen molar-refractivity contribution in [3.05, 3.63) is 0 Å². The van der Waals surface area contributed by atoms with Crippen LogP contribution in [-0.2, 0) is 28.4 Å². The Balaban J connectivity index is 4.57. The summed E-state index contributed by atoms with van der Waals surface area (Å²) in [4.78, 5) is 0. The molecule has 0 saturated carbocycles. The smallest absolute Gasteiger partial charge is 0.0474 e. The van der Waals surface area contributed by atoms with E-state index >= 15 is 0 Å². The van der Waals surface area contributed by atoms with Gasteiger partial charge in [0, 0.05) is 35.2 Å². The Hall–Kier alpha value is 1.96. The number of hydrogen-bond acceptors (Lipinski definition) is 5. The monoisotopic (exact) mass is 967 g/mol. The van der Waals surface area contributed by atoms with Crippen LogP contribution in [0.3, 0.4) is 0 Å². The number of ether oxygens (including phenoxy) is 1. The Morgan fingerprint density at radius 2 is 0.443 bits per heavy atom. The third-order valence-electron chi connectivity index (χ3n) is 12.9. The van der Waals surface area contributed by atoms with Gasteiger partial charge in [-0.15, -0.1) is 22.8 Å². The van der Waals surface area contributed by atoms with E-state index in [1.165, 1.54) is 306 Å². The lowest BCUT2D eigenvalue weighted by molar-refractivity contribution is 0.137. The van der Waals surface area contributed by atoms with Gasteiger partial charge in [0.2, 0.25) is 0 Å². The van der Waals surface area contributed by atoms with Gasteiger partial charge in [0.1, 0.15) is 0 Å². The molecule has 0 aliphatic rings. The van der Waals surface area contributed by atoms with E-state index in [1.807, 2.05) is 0 Å². The van der Waals surface area contributed by atoms with Crippen LogP contribution < -0.4 is 0 Å². The highest BCUT2D eigenvalue weighted by Gasteiger charge is 2.18. The van der Waals surface area contributed by atoms with Crippen molar-refractivity contribution < 1.29 is 4.74 Å². The van der Waals surface area contributed by atoms with E-state index in [1.54, 1.807) is 0 Å². The summed E-state index contributed by atoms with van der Waals surface area (Å²) < 4.78 is 6.26. The number of rotatable bonds is 54. The Labute approximate surface area is 405 Å². The summed E-state index contributed by atoms with van der Waals surface area (Å²) in [6.07, 6.45) is 64.4. The van der Waals surface area contributed by atoms with Crippen LogP contribution in [-0.4, -0.2) is 49.4 Å². The van der Waals surface area contributed by atoms with Gasteiger partial charge in [-0.05, 0) is 63.2 Å². The van der Waals surface area contributed by atoms with Gasteiger partial charge in [0.25, 0.3) is 0 Å². The second-order valence-corrected chi connectivity index (χ2v) is 36.9. The van der Waals surface area contributed by atoms with Gasteiger partial charge < -0.3 is 4.74 Å². The van der Waals surface area contributed by atoms with Crippen molar-refractivity contribution in [2.45, 2.75) is 297 Å². The number of unbranched alkanes of at least 4 members (excludes halogenated alkanes) is 36. The summed E-state index contributed by atoms with van der Waals surface area (Å²) in [6, 6.07) is 0. The largest absolute Gasteiger partial charge is 0.381 e. The van der Waals surface area contributed by atoms with Crippen molar-refractivity contribution in [3.63, 3.8) is 0 Å². The van der Waals surface area contributed by atoms with Gasteiger partial charge in [-0.3, -0.25) is 0 Å². The molecule has 0 radical (unpaired) electrons. The maximum Gasteiger partial charge on any atom is 0.0474 e. The molecule has 0 spiro atoms. The zero-order valence-corrected chi connectivity index (χ0v) is 47.3. The molecule has 0 fully saturated rings. The van der Waals surface area contributed by atoms with Gasteiger partial charge in [-0.2, -0.15) is 0 Å². The molecule has 0 heterocycles. The van der Waals surface area contributed by atoms with Crippen LogP contribution in [0, 0.1) is 0 Å². The van der Waals surface area contributed by atoms with E-state index in [-0.39, 0.29) is 0 Å². The normalized spacial score (nSPS) is 12.3. The molecule has 0 saturated heterocycles. The quantitative estimate of drug-likeness (QED) is 0.0442. The molecule has 368 valence electrons. The van der Waals surface area contributed by atoms with E-state index < -0.39 is 10.5 Å². The topological polar surface area (TPSA) is 9.23 Å². The molecule has 0 unspecified atom stereocenters. The average Bonchev–Trinajstić information content (AvgIpc) is 3.26. The molecule has 0 aromatic carbocycles. The van der Waals surface area contributed by atoms with Crippen LogP contribution in [0.25, 0.3) is 0 Å². The average molecular weight is 968 g/mol. The molecular formula is C54H112OP2S4. The highest BCUT2D eigenvalue weighted by Crippen LogP contribution is 2.61. The second kappa shape index (κ2) is 51.4. The number of hydrogen-bond donors (Lipinski definition) is 0. The van der Waals surface area contributed by atoms with Crippen LogP contribution in [0.2, 0.25) is 0 Å². The zero-order chi connectivity index (χ0) is 44.5. The molecule has 1 nitrogen and oxygen atoms in total. The zero-order valence-electron chi connectivity index (χ0n) is 42.3. The SMILES string of the molecule is CCCCCCCCCCCCP(=S)(CCCCCCCCCCCC)SCCCOCCCSP(=S)(CCCCCCCCCCCC)CCCCCCCCCCCC. The predicted molar refractivity (Wildman–Crippen MR) is 300 cm³/mol. The lowest BCUT2D eigenvalue weighted by Crippen LogP contribution is -2.01. The van der Waals surface area contributed by atoms with Gasteiger partial charge in [-0.25, -0.2) is 0 Å². The van der Waals surface area contributed by atoms with Crippen molar-refractivity contribution in [1.82, 2.24) is 0 Å². The first kappa shape index (κ1) is 63.0. The van der Waals surface area contributed by atoms with Gasteiger partial charge in [0.15, 0.2) is 0 Å². The Kier molecular flexibility index (Phi) is 53.0. The van der Waals surface area contributed by atoms with Crippen LogP contribution in [0.1, 0.15) is 297 Å². The minimum absolute atomic E-state index is 0.912. The van der Waals surface area contributed by atoms with Crippen LogP contribution >= 0.6 is 33.2 Å². The van der Waals surface area contributed by atoms with E-state index in [0.29, 0.717) is 0 Å². The van der Waals surface area contributed by atoms with Gasteiger partial charge in [0.05, 0.1) is 0 Å². The summed E-state index contributed by atoms with van der Waals surface area (Å²) >= 11 is 17.6. The highest BCUT2D eigenvalue weighted by atomic mass is 32.9. The van der Waals surface area contributed by atoms with Crippen molar-refractivity contribution in [2.24, 2.45) is 0 Å². The first-order valence-electron chi connectivity index (χ1n) is 28.0. The van der Waals surface area contributed by atoms with Crippen molar-refractivity contribution >= 4 is 56.9 Å². The Bertz CT molecular complexity index is 805. The highest BCUT2D eigenvalue weighted by molar-refractivity contribution is 8.71. The fraction of sp³-hybridized carbons (Fsp3) is 1.00. The van der Waals surface area contributed by atoms with Crippen LogP contribution in [0.4, 0.5) is 0 Å². The molecule has 0 rings (SSSR count). The van der Waals surface area contributed by atoms with E-state index in [9.17, 15) is 0 Å². The molecule has 0 aliphatic heterocycles. The standard InChI is InChI=1S/C54H112OP2S4/c1-5-9-13-17-21-25-29-33-37-41-49-56(58,50-42-38-34-30-26-22-18-14-10-6-2)60-53-45-47-55-48-46-54-61-57(59,51-43-39-35-31-27-23-19-15-11-7-3)52-44-40-36-32-28-24-20-16-12-8-4/h5-54H2,1-4H3. The lowest BCUT2D eigenvalue weighted by atomic mass is 10.1. The van der Waals surface area contributed by atoms with Crippen LogP contribution in [0.5, 0.6) is 0 Å². The maximum atomic E-state index is 6.56. The summed E-state index contributed by atoms with van der Waals surface area (Å²) in [5.41, 5.74) is 0. The molecule has 0 bridgehead atoms. The molecule has 7 heteroatoms. The van der Waals surface area contributed by atoms with Gasteiger partial charge >= 0.3 is 0 Å². The summed E-state index contributed by atoms with van der Waals surface area (Å²) in [7, 11) is 0. The predicted octanol–water partition coefficient (Wildman–Crippen LogP) is 21.7. The molecule has 0 atom stereocenters. The van der Waals surface area contributed by atoms with Crippen molar-refractivity contribution in [1.29, 1.82) is 0 Å². The summed E-state index contributed by atoms with van der Waals surface area (Å²) in [5, 5.41) is -2.63. The first-order chi connectivity index (χ1) is 29.9. The molecule has 0 amide bonds. The molecular weight excluding hydrogens is 855 g/mol. The molecule has 0 aromatic rings. The Morgan fingerprint density at radius 1 is 0.262 bits per heavy atom. The minimum atomic E-state index is -1.32. The second-order valence-electron chi connectivity index (χ2n) is 19.2. The van der Waals surface area contributed by atoms with Gasteiger partial charge in [-0.1, -0.05) is 282 Å².